The van der Waals surface area contributed by atoms with Gasteiger partial charge in [-0.3, -0.25) is 0 Å². The van der Waals surface area contributed by atoms with Gasteiger partial charge >= 0.3 is 0 Å². The zero-order chi connectivity index (χ0) is 12.2. The third-order valence-electron chi connectivity index (χ3n) is 2.35. The molecule has 16 heavy (non-hydrogen) atoms. The second kappa shape index (κ2) is 5.35. The van der Waals surface area contributed by atoms with Crippen molar-refractivity contribution >= 4 is 5.69 Å². The summed E-state index contributed by atoms with van der Waals surface area (Å²) >= 11 is 0. The van der Waals surface area contributed by atoms with Gasteiger partial charge in [0, 0.05) is 17.8 Å². The molecule has 0 radical (unpaired) electrons. The lowest BCUT2D eigenvalue weighted by molar-refractivity contribution is 0.549. The van der Waals surface area contributed by atoms with Gasteiger partial charge in [-0.15, -0.1) is 0 Å². The highest BCUT2D eigenvalue weighted by Crippen LogP contribution is 2.13. The van der Waals surface area contributed by atoms with Crippen molar-refractivity contribution in [3.63, 3.8) is 0 Å². The summed E-state index contributed by atoms with van der Waals surface area (Å²) in [5.74, 6) is 0.710. The van der Waals surface area contributed by atoms with E-state index in [-0.39, 0.29) is 5.54 Å². The average molecular weight is 220 g/mol. The number of hydrogen-bond donors (Lipinski definition) is 2. The molecule has 0 aliphatic heterocycles. The number of rotatable bonds is 5. The fraction of sp³-hybridized carbons (Fsp3) is 0.571. The minimum absolute atomic E-state index is 0.170. The Bertz CT molecular complexity index is 307. The van der Waals surface area contributed by atoms with Crippen molar-refractivity contribution in [2.75, 3.05) is 11.9 Å². The van der Waals surface area contributed by atoms with Gasteiger partial charge in [0.2, 0.25) is 0 Å². The summed E-state index contributed by atoms with van der Waals surface area (Å²) < 4.78 is 0. The molecule has 2 nitrogen and oxygen atoms in total. The van der Waals surface area contributed by atoms with Crippen LogP contribution >= 0.6 is 0 Å². The third-order valence-corrected chi connectivity index (χ3v) is 2.35. The van der Waals surface area contributed by atoms with Crippen LogP contribution in [0.15, 0.2) is 24.3 Å². The van der Waals surface area contributed by atoms with E-state index in [9.17, 15) is 0 Å². The van der Waals surface area contributed by atoms with E-state index < -0.39 is 0 Å². The van der Waals surface area contributed by atoms with Crippen LogP contribution in [0.3, 0.4) is 0 Å². The van der Waals surface area contributed by atoms with Crippen molar-refractivity contribution in [2.24, 2.45) is 11.7 Å². The van der Waals surface area contributed by atoms with E-state index in [2.05, 4.69) is 43.4 Å². The van der Waals surface area contributed by atoms with Gasteiger partial charge in [-0.05, 0) is 43.9 Å². The molecule has 0 unspecified atom stereocenters. The fourth-order valence-electron chi connectivity index (χ4n) is 1.56. The molecule has 0 aliphatic carbocycles. The van der Waals surface area contributed by atoms with Crippen molar-refractivity contribution in [1.29, 1.82) is 0 Å². The highest BCUT2D eigenvalue weighted by atomic mass is 14.9. The Morgan fingerprint density at radius 1 is 1.19 bits per heavy atom. The SMILES string of the molecule is CC(C)Cc1ccc(NCC(C)(C)N)cc1. The molecular weight excluding hydrogens is 196 g/mol. The van der Waals surface area contributed by atoms with E-state index in [4.69, 9.17) is 5.73 Å². The second-order valence-electron chi connectivity index (χ2n) is 5.64. The van der Waals surface area contributed by atoms with Gasteiger partial charge in [0.1, 0.15) is 0 Å². The molecule has 0 fully saturated rings. The minimum Gasteiger partial charge on any atom is -0.383 e. The standard InChI is InChI=1S/C14H24N2/c1-11(2)9-12-5-7-13(8-6-12)16-10-14(3,4)15/h5-8,11,16H,9-10,15H2,1-4H3. The van der Waals surface area contributed by atoms with E-state index in [0.29, 0.717) is 5.92 Å². The molecule has 0 spiro atoms. The van der Waals surface area contributed by atoms with Crippen LogP contribution in [0.1, 0.15) is 33.3 Å². The Kier molecular flexibility index (Phi) is 4.36. The molecular formula is C14H24N2. The maximum absolute atomic E-state index is 5.92. The summed E-state index contributed by atoms with van der Waals surface area (Å²) in [6, 6.07) is 8.63. The number of hydrogen-bond acceptors (Lipinski definition) is 2. The van der Waals surface area contributed by atoms with Crippen molar-refractivity contribution in [3.8, 4) is 0 Å². The maximum Gasteiger partial charge on any atom is 0.0340 e. The van der Waals surface area contributed by atoms with Crippen molar-refractivity contribution < 1.29 is 0 Å². The molecule has 0 atom stereocenters. The van der Waals surface area contributed by atoms with Gasteiger partial charge in [0.05, 0.1) is 0 Å². The largest absolute Gasteiger partial charge is 0.383 e. The van der Waals surface area contributed by atoms with Gasteiger partial charge < -0.3 is 11.1 Å². The van der Waals surface area contributed by atoms with E-state index in [1.165, 1.54) is 5.56 Å². The van der Waals surface area contributed by atoms with Crippen molar-refractivity contribution in [1.82, 2.24) is 0 Å². The minimum atomic E-state index is -0.170. The average Bonchev–Trinajstić information content (AvgIpc) is 2.14. The Morgan fingerprint density at radius 2 is 1.75 bits per heavy atom. The van der Waals surface area contributed by atoms with Crippen LogP contribution in [-0.2, 0) is 6.42 Å². The predicted octanol–water partition coefficient (Wildman–Crippen LogP) is 3.03. The van der Waals surface area contributed by atoms with E-state index in [1.807, 2.05) is 13.8 Å². The van der Waals surface area contributed by atoms with Crippen LogP contribution in [0.5, 0.6) is 0 Å². The quantitative estimate of drug-likeness (QED) is 0.800. The molecule has 0 saturated heterocycles. The summed E-state index contributed by atoms with van der Waals surface area (Å²) in [5, 5.41) is 3.34. The van der Waals surface area contributed by atoms with E-state index in [0.717, 1.165) is 18.7 Å². The molecule has 3 N–H and O–H groups in total. The normalized spacial score (nSPS) is 11.9. The van der Waals surface area contributed by atoms with Gasteiger partial charge in [0.15, 0.2) is 0 Å². The van der Waals surface area contributed by atoms with Crippen molar-refractivity contribution in [2.45, 2.75) is 39.7 Å². The molecule has 1 aromatic carbocycles. The molecule has 0 saturated carbocycles. The number of nitrogens with one attached hydrogen (secondary N) is 1. The lowest BCUT2D eigenvalue weighted by Gasteiger charge is -2.19. The van der Waals surface area contributed by atoms with Crippen LogP contribution in [0.25, 0.3) is 0 Å². The van der Waals surface area contributed by atoms with E-state index >= 15 is 0 Å². The highest BCUT2D eigenvalue weighted by molar-refractivity contribution is 5.45. The smallest absolute Gasteiger partial charge is 0.0340 e. The summed E-state index contributed by atoms with van der Waals surface area (Å²) in [5.41, 5.74) is 8.29. The molecule has 0 aromatic heterocycles. The van der Waals surface area contributed by atoms with Gasteiger partial charge in [-0.2, -0.15) is 0 Å². The van der Waals surface area contributed by atoms with E-state index in [1.54, 1.807) is 0 Å². The number of benzene rings is 1. The second-order valence-corrected chi connectivity index (χ2v) is 5.64. The van der Waals surface area contributed by atoms with Crippen LogP contribution in [0, 0.1) is 5.92 Å². The zero-order valence-electron chi connectivity index (χ0n) is 10.9. The first-order valence-corrected chi connectivity index (χ1v) is 5.98. The molecule has 1 aromatic rings. The molecule has 2 heteroatoms. The summed E-state index contributed by atoms with van der Waals surface area (Å²) in [7, 11) is 0. The monoisotopic (exact) mass is 220 g/mol. The summed E-state index contributed by atoms with van der Waals surface area (Å²) in [6.45, 7) is 9.31. The number of anilines is 1. The molecule has 0 amide bonds. The predicted molar refractivity (Wildman–Crippen MR) is 71.7 cm³/mol. The van der Waals surface area contributed by atoms with Crippen LogP contribution in [0.4, 0.5) is 5.69 Å². The first kappa shape index (κ1) is 13.0. The van der Waals surface area contributed by atoms with Crippen LogP contribution < -0.4 is 11.1 Å². The first-order valence-electron chi connectivity index (χ1n) is 5.98. The van der Waals surface area contributed by atoms with Gasteiger partial charge in [-0.1, -0.05) is 26.0 Å². The summed E-state index contributed by atoms with van der Waals surface area (Å²) in [4.78, 5) is 0. The lowest BCUT2D eigenvalue weighted by atomic mass is 10.0. The van der Waals surface area contributed by atoms with Crippen LogP contribution in [-0.4, -0.2) is 12.1 Å². The number of nitrogens with two attached hydrogens (primary N) is 1. The Balaban J connectivity index is 2.51. The Hall–Kier alpha value is -1.02. The third kappa shape index (κ3) is 5.17. The zero-order valence-corrected chi connectivity index (χ0v) is 10.9. The molecule has 0 aliphatic rings. The molecule has 0 bridgehead atoms. The Morgan fingerprint density at radius 3 is 2.19 bits per heavy atom. The van der Waals surface area contributed by atoms with Gasteiger partial charge in [0.25, 0.3) is 0 Å². The van der Waals surface area contributed by atoms with Gasteiger partial charge in [-0.25, -0.2) is 0 Å². The first-order chi connectivity index (χ1) is 7.37. The topological polar surface area (TPSA) is 38.0 Å². The highest BCUT2D eigenvalue weighted by Gasteiger charge is 2.09. The fourth-order valence-corrected chi connectivity index (χ4v) is 1.56. The van der Waals surface area contributed by atoms with Crippen LogP contribution in [0.2, 0.25) is 0 Å². The Labute approximate surface area is 99.2 Å². The summed E-state index contributed by atoms with van der Waals surface area (Å²) in [6.07, 6.45) is 1.14. The molecule has 90 valence electrons. The lowest BCUT2D eigenvalue weighted by Crippen LogP contribution is -2.39. The molecule has 0 heterocycles. The van der Waals surface area contributed by atoms with Crippen molar-refractivity contribution in [3.05, 3.63) is 29.8 Å². The molecule has 1 rings (SSSR count). The maximum atomic E-state index is 5.92.